The average Bonchev–Trinajstić information content (AvgIpc) is 3.50. The molecule has 1 amide bonds. The Morgan fingerprint density at radius 1 is 1.15 bits per heavy atom. The number of hydrogen-bond acceptors (Lipinski definition) is 7. The number of hydrogen-bond donors (Lipinski definition) is 0. The van der Waals surface area contributed by atoms with Crippen LogP contribution in [-0.4, -0.2) is 69.4 Å². The van der Waals surface area contributed by atoms with E-state index >= 15 is 0 Å². The van der Waals surface area contributed by atoms with Gasteiger partial charge in [0.05, 0.1) is 13.0 Å². The van der Waals surface area contributed by atoms with Crippen molar-refractivity contribution in [3.05, 3.63) is 18.0 Å². The van der Waals surface area contributed by atoms with Gasteiger partial charge < -0.3 is 14.5 Å². The fourth-order valence-electron chi connectivity index (χ4n) is 4.10. The topological polar surface area (TPSA) is 92.9 Å². The van der Waals surface area contributed by atoms with Crippen molar-refractivity contribution in [3.63, 3.8) is 0 Å². The minimum atomic E-state index is -4.65. The number of ether oxygens (including phenoxy) is 1. The highest BCUT2D eigenvalue weighted by molar-refractivity contribution is 5.80. The van der Waals surface area contributed by atoms with Crippen molar-refractivity contribution in [3.8, 4) is 0 Å². The van der Waals surface area contributed by atoms with E-state index in [1.165, 1.54) is 6.07 Å². The van der Waals surface area contributed by atoms with Crippen molar-refractivity contribution < 1.29 is 27.5 Å². The second-order valence-electron chi connectivity index (χ2n) is 8.53. The number of nitrogens with zero attached hydrogens (tertiary/aromatic N) is 6. The summed E-state index contributed by atoms with van der Waals surface area (Å²) in [6.45, 7) is 4.05. The predicted molar refractivity (Wildman–Crippen MR) is 111 cm³/mol. The molecule has 3 heterocycles. The minimum absolute atomic E-state index is 0.0217. The first-order chi connectivity index (χ1) is 15.8. The van der Waals surface area contributed by atoms with Crippen molar-refractivity contribution in [2.24, 2.45) is 11.8 Å². The van der Waals surface area contributed by atoms with E-state index in [9.17, 15) is 22.8 Å². The van der Waals surface area contributed by atoms with Crippen LogP contribution < -0.4 is 4.90 Å². The maximum atomic E-state index is 13.2. The van der Waals surface area contributed by atoms with Crippen molar-refractivity contribution >= 4 is 23.3 Å². The Morgan fingerprint density at radius 2 is 1.88 bits per heavy atom. The SMILES string of the molecule is CCOC(=O)CCN(CC1CC1)C(=O)C1CCN(c2ccc3nnc(C(F)(F)F)n3n2)CC1. The van der Waals surface area contributed by atoms with Crippen LogP contribution in [0.3, 0.4) is 0 Å². The highest BCUT2D eigenvalue weighted by atomic mass is 19.4. The monoisotopic (exact) mass is 468 g/mol. The molecule has 2 fully saturated rings. The largest absolute Gasteiger partial charge is 0.466 e. The zero-order chi connectivity index (χ0) is 23.6. The van der Waals surface area contributed by atoms with Gasteiger partial charge >= 0.3 is 12.1 Å². The Kier molecular flexibility index (Phi) is 6.71. The average molecular weight is 468 g/mol. The minimum Gasteiger partial charge on any atom is -0.466 e. The van der Waals surface area contributed by atoms with Crippen molar-refractivity contribution in [2.75, 3.05) is 37.7 Å². The molecule has 2 aromatic heterocycles. The lowest BCUT2D eigenvalue weighted by Crippen LogP contribution is -2.44. The Hall–Kier alpha value is -2.92. The number of halogens is 3. The maximum Gasteiger partial charge on any atom is 0.453 e. The lowest BCUT2D eigenvalue weighted by atomic mass is 9.95. The third-order valence-corrected chi connectivity index (χ3v) is 6.05. The number of piperidine rings is 1. The molecule has 4 rings (SSSR count). The summed E-state index contributed by atoms with van der Waals surface area (Å²) in [5.41, 5.74) is 0.0217. The normalized spacial score (nSPS) is 17.4. The molecule has 0 aromatic carbocycles. The first kappa shape index (κ1) is 23.2. The number of alkyl halides is 3. The van der Waals surface area contributed by atoms with Gasteiger partial charge in [-0.15, -0.1) is 15.3 Å². The molecule has 180 valence electrons. The number of carbonyl (C=O) groups is 2. The summed E-state index contributed by atoms with van der Waals surface area (Å²) < 4.78 is 45.1. The van der Waals surface area contributed by atoms with Gasteiger partial charge in [0.2, 0.25) is 5.91 Å². The van der Waals surface area contributed by atoms with Crippen LogP contribution >= 0.6 is 0 Å². The fraction of sp³-hybridized carbons (Fsp3) is 0.667. The van der Waals surface area contributed by atoms with Crippen LogP contribution in [-0.2, 0) is 20.5 Å². The molecule has 0 N–H and O–H groups in total. The Balaban J connectivity index is 1.39. The number of rotatable bonds is 8. The zero-order valence-corrected chi connectivity index (χ0v) is 18.4. The first-order valence-electron chi connectivity index (χ1n) is 11.2. The molecule has 0 atom stereocenters. The van der Waals surface area contributed by atoms with Crippen LogP contribution in [0.25, 0.3) is 5.65 Å². The number of fused-ring (bicyclic) bond motifs is 1. The Labute approximate surface area is 188 Å². The van der Waals surface area contributed by atoms with Gasteiger partial charge in [-0.1, -0.05) is 0 Å². The molecule has 9 nitrogen and oxygen atoms in total. The summed E-state index contributed by atoms with van der Waals surface area (Å²) in [5, 5.41) is 10.8. The van der Waals surface area contributed by atoms with E-state index in [1.807, 2.05) is 4.90 Å². The van der Waals surface area contributed by atoms with Crippen LogP contribution in [0.15, 0.2) is 12.1 Å². The summed E-state index contributed by atoms with van der Waals surface area (Å²) in [6.07, 6.45) is -1.16. The molecule has 12 heteroatoms. The molecule has 1 aliphatic heterocycles. The molecule has 0 spiro atoms. The summed E-state index contributed by atoms with van der Waals surface area (Å²) in [7, 11) is 0. The van der Waals surface area contributed by atoms with Gasteiger partial charge in [0, 0.05) is 32.1 Å². The molecule has 33 heavy (non-hydrogen) atoms. The summed E-state index contributed by atoms with van der Waals surface area (Å²) in [4.78, 5) is 28.6. The number of amides is 1. The van der Waals surface area contributed by atoms with E-state index in [1.54, 1.807) is 17.9 Å². The van der Waals surface area contributed by atoms with Gasteiger partial charge in [-0.05, 0) is 50.7 Å². The number of anilines is 1. The van der Waals surface area contributed by atoms with Gasteiger partial charge in [-0.2, -0.15) is 17.7 Å². The highest BCUT2D eigenvalue weighted by Gasteiger charge is 2.38. The second-order valence-corrected chi connectivity index (χ2v) is 8.53. The number of carbonyl (C=O) groups excluding carboxylic acids is 2. The quantitative estimate of drug-likeness (QED) is 0.550. The molecule has 0 unspecified atom stereocenters. The van der Waals surface area contributed by atoms with E-state index in [-0.39, 0.29) is 29.9 Å². The highest BCUT2D eigenvalue weighted by Crippen LogP contribution is 2.32. The van der Waals surface area contributed by atoms with Crippen molar-refractivity contribution in [2.45, 2.75) is 45.2 Å². The summed E-state index contributed by atoms with van der Waals surface area (Å²) >= 11 is 0. The van der Waals surface area contributed by atoms with Crippen LogP contribution in [0.2, 0.25) is 0 Å². The van der Waals surface area contributed by atoms with E-state index in [2.05, 4.69) is 15.3 Å². The lowest BCUT2D eigenvalue weighted by Gasteiger charge is -2.34. The van der Waals surface area contributed by atoms with Crippen LogP contribution in [0.1, 0.15) is 44.9 Å². The van der Waals surface area contributed by atoms with Crippen LogP contribution in [0.5, 0.6) is 0 Å². The molecule has 1 saturated heterocycles. The molecule has 2 aromatic rings. The zero-order valence-electron chi connectivity index (χ0n) is 18.4. The molecule has 1 saturated carbocycles. The van der Waals surface area contributed by atoms with Crippen molar-refractivity contribution in [1.29, 1.82) is 0 Å². The van der Waals surface area contributed by atoms with E-state index in [0.717, 1.165) is 12.8 Å². The van der Waals surface area contributed by atoms with Crippen LogP contribution in [0.4, 0.5) is 19.0 Å². The maximum absolute atomic E-state index is 13.2. The fourth-order valence-corrected chi connectivity index (χ4v) is 4.10. The molecular formula is C21H27F3N6O3. The number of aromatic nitrogens is 4. The Bertz CT molecular complexity index is 999. The number of esters is 1. The third-order valence-electron chi connectivity index (χ3n) is 6.05. The first-order valence-corrected chi connectivity index (χ1v) is 11.2. The van der Waals surface area contributed by atoms with Crippen LogP contribution in [0, 0.1) is 11.8 Å². The molecule has 1 aliphatic carbocycles. The summed E-state index contributed by atoms with van der Waals surface area (Å²) in [6, 6.07) is 3.07. The van der Waals surface area contributed by atoms with Gasteiger partial charge in [0.25, 0.3) is 5.82 Å². The van der Waals surface area contributed by atoms with Gasteiger partial charge in [-0.25, -0.2) is 0 Å². The molecule has 2 aliphatic rings. The smallest absolute Gasteiger partial charge is 0.453 e. The van der Waals surface area contributed by atoms with Gasteiger partial charge in [-0.3, -0.25) is 9.59 Å². The van der Waals surface area contributed by atoms with Gasteiger partial charge in [0.15, 0.2) is 5.65 Å². The Morgan fingerprint density at radius 3 is 2.52 bits per heavy atom. The molecule has 0 radical (unpaired) electrons. The standard InChI is InChI=1S/C21H27F3N6O3/c1-2-33-18(31)9-12-29(13-14-3-4-14)19(32)15-7-10-28(11-8-15)17-6-5-16-25-26-20(21(22,23)24)30(16)27-17/h5-6,14-15H,2-4,7-13H2,1H3. The molecular weight excluding hydrogens is 441 g/mol. The molecule has 0 bridgehead atoms. The van der Waals surface area contributed by atoms with Crippen molar-refractivity contribution in [1.82, 2.24) is 24.7 Å². The van der Waals surface area contributed by atoms with Gasteiger partial charge in [0.1, 0.15) is 5.82 Å². The second kappa shape index (κ2) is 9.52. The lowest BCUT2D eigenvalue weighted by molar-refractivity contribution is -0.146. The van der Waals surface area contributed by atoms with E-state index in [4.69, 9.17) is 4.74 Å². The summed E-state index contributed by atoms with van der Waals surface area (Å²) in [5.74, 6) is -0.745. The third kappa shape index (κ3) is 5.53. The predicted octanol–water partition coefficient (Wildman–Crippen LogP) is 2.55. The van der Waals surface area contributed by atoms with E-state index in [0.29, 0.717) is 61.9 Å². The van der Waals surface area contributed by atoms with E-state index < -0.39 is 12.0 Å².